The average molecular weight is 582 g/mol. The van der Waals surface area contributed by atoms with E-state index in [-0.39, 0.29) is 23.1 Å². The van der Waals surface area contributed by atoms with Crippen LogP contribution in [0.1, 0.15) is 37.8 Å². The minimum absolute atomic E-state index is 0.0648. The van der Waals surface area contributed by atoms with Gasteiger partial charge in [-0.05, 0) is 55.2 Å². The molecule has 0 bridgehead atoms. The fourth-order valence-electron chi connectivity index (χ4n) is 4.48. The number of nitrogens with one attached hydrogen (secondary N) is 1. The maximum atomic E-state index is 14.1. The number of carbonyl (C=O) groups is 2. The Morgan fingerprint density at radius 3 is 2.17 bits per heavy atom. The number of carbonyl (C=O) groups excluding carboxylic acids is 2. The molecule has 0 spiro atoms. The summed E-state index contributed by atoms with van der Waals surface area (Å²) in [6.45, 7) is 5.85. The third-order valence-electron chi connectivity index (χ3n) is 6.80. The fourth-order valence-corrected chi connectivity index (χ4v) is 5.91. The molecular formula is C31H39N3O6S. The first kappa shape index (κ1) is 31.5. The van der Waals surface area contributed by atoms with Gasteiger partial charge in [-0.25, -0.2) is 8.42 Å². The predicted molar refractivity (Wildman–Crippen MR) is 160 cm³/mol. The van der Waals surface area contributed by atoms with Gasteiger partial charge in [-0.2, -0.15) is 0 Å². The molecule has 1 N–H and O–H groups in total. The Morgan fingerprint density at radius 1 is 0.902 bits per heavy atom. The second-order valence-electron chi connectivity index (χ2n) is 9.53. The molecular weight excluding hydrogens is 542 g/mol. The highest BCUT2D eigenvalue weighted by atomic mass is 32.2. The first-order valence-corrected chi connectivity index (χ1v) is 15.0. The van der Waals surface area contributed by atoms with Gasteiger partial charge >= 0.3 is 0 Å². The van der Waals surface area contributed by atoms with Crippen LogP contribution in [0.2, 0.25) is 0 Å². The van der Waals surface area contributed by atoms with Gasteiger partial charge < -0.3 is 19.7 Å². The predicted octanol–water partition coefficient (Wildman–Crippen LogP) is 4.54. The van der Waals surface area contributed by atoms with Crippen LogP contribution in [-0.2, 0) is 26.2 Å². The van der Waals surface area contributed by atoms with Gasteiger partial charge in [0.25, 0.3) is 10.0 Å². The molecule has 3 rings (SSSR count). The Kier molecular flexibility index (Phi) is 11.2. The van der Waals surface area contributed by atoms with Crippen LogP contribution in [0.3, 0.4) is 0 Å². The summed E-state index contributed by atoms with van der Waals surface area (Å²) in [7, 11) is -1.35. The van der Waals surface area contributed by atoms with E-state index in [0.717, 1.165) is 21.9 Å². The van der Waals surface area contributed by atoms with E-state index in [9.17, 15) is 18.0 Å². The van der Waals surface area contributed by atoms with Crippen molar-refractivity contribution in [3.8, 4) is 11.5 Å². The second kappa shape index (κ2) is 14.5. The van der Waals surface area contributed by atoms with Crippen LogP contribution in [0.15, 0.2) is 77.7 Å². The number of amides is 2. The topological polar surface area (TPSA) is 105 Å². The number of methoxy groups -OCH3 is 2. The zero-order valence-corrected chi connectivity index (χ0v) is 25.1. The SMILES string of the molecule is CCCNC(=O)[C@@H](CC)N(Cc1ccccc1C)C(=O)CN(c1ccccc1)S(=O)(=O)c1ccc(OC)c(OC)c1. The Hall–Kier alpha value is -4.05. The van der Waals surface area contributed by atoms with Crippen molar-refractivity contribution < 1.29 is 27.5 Å². The molecule has 0 saturated carbocycles. The van der Waals surface area contributed by atoms with Gasteiger partial charge in [-0.15, -0.1) is 0 Å². The molecule has 0 aliphatic heterocycles. The number of anilines is 1. The van der Waals surface area contributed by atoms with E-state index in [1.807, 2.05) is 45.0 Å². The maximum Gasteiger partial charge on any atom is 0.264 e. The van der Waals surface area contributed by atoms with Crippen molar-refractivity contribution in [2.45, 2.75) is 51.1 Å². The Morgan fingerprint density at radius 2 is 1.56 bits per heavy atom. The third-order valence-corrected chi connectivity index (χ3v) is 8.57. The molecule has 41 heavy (non-hydrogen) atoms. The highest BCUT2D eigenvalue weighted by Gasteiger charge is 2.34. The van der Waals surface area contributed by atoms with Gasteiger partial charge in [0.15, 0.2) is 11.5 Å². The largest absolute Gasteiger partial charge is 0.493 e. The summed E-state index contributed by atoms with van der Waals surface area (Å²) >= 11 is 0. The van der Waals surface area contributed by atoms with Crippen LogP contribution in [0.4, 0.5) is 5.69 Å². The van der Waals surface area contributed by atoms with Crippen LogP contribution in [-0.4, -0.2) is 58.5 Å². The summed E-state index contributed by atoms with van der Waals surface area (Å²) in [6, 6.07) is 19.6. The molecule has 220 valence electrons. The molecule has 9 nitrogen and oxygen atoms in total. The van der Waals surface area contributed by atoms with Crippen LogP contribution in [0, 0.1) is 6.92 Å². The molecule has 0 aliphatic carbocycles. The molecule has 0 fully saturated rings. The quantitative estimate of drug-likeness (QED) is 0.300. The van der Waals surface area contributed by atoms with Crippen molar-refractivity contribution in [3.63, 3.8) is 0 Å². The number of para-hydroxylation sites is 1. The fraction of sp³-hybridized carbons (Fsp3) is 0.355. The molecule has 0 radical (unpaired) electrons. The van der Waals surface area contributed by atoms with Gasteiger partial charge in [0.2, 0.25) is 11.8 Å². The van der Waals surface area contributed by atoms with E-state index in [2.05, 4.69) is 5.32 Å². The lowest BCUT2D eigenvalue weighted by Crippen LogP contribution is -2.52. The zero-order valence-electron chi connectivity index (χ0n) is 24.3. The summed E-state index contributed by atoms with van der Waals surface area (Å²) in [5.74, 6) is -0.153. The minimum Gasteiger partial charge on any atom is -0.493 e. The van der Waals surface area contributed by atoms with E-state index in [1.165, 1.54) is 37.3 Å². The van der Waals surface area contributed by atoms with Crippen molar-refractivity contribution in [1.82, 2.24) is 10.2 Å². The van der Waals surface area contributed by atoms with Gasteiger partial charge in [0, 0.05) is 19.2 Å². The smallest absolute Gasteiger partial charge is 0.264 e. The van der Waals surface area contributed by atoms with Crippen LogP contribution in [0.25, 0.3) is 0 Å². The average Bonchev–Trinajstić information content (AvgIpc) is 2.99. The summed E-state index contributed by atoms with van der Waals surface area (Å²) in [6.07, 6.45) is 1.11. The molecule has 0 heterocycles. The van der Waals surface area contributed by atoms with E-state index in [0.29, 0.717) is 24.4 Å². The summed E-state index contributed by atoms with van der Waals surface area (Å²) < 4.78 is 39.8. The van der Waals surface area contributed by atoms with Crippen molar-refractivity contribution in [1.29, 1.82) is 0 Å². The molecule has 0 unspecified atom stereocenters. The second-order valence-corrected chi connectivity index (χ2v) is 11.4. The lowest BCUT2D eigenvalue weighted by molar-refractivity contribution is -0.140. The standard InChI is InChI=1S/C31H39N3O6S/c1-6-19-32-31(36)27(7-2)33(21-24-14-12-11-13-23(24)3)30(35)22-34(25-15-9-8-10-16-25)41(37,38)26-17-18-28(39-4)29(20-26)40-5/h8-18,20,27H,6-7,19,21-22H2,1-5H3,(H,32,36)/t27-/m1/s1. The highest BCUT2D eigenvalue weighted by molar-refractivity contribution is 7.92. The van der Waals surface area contributed by atoms with Crippen LogP contribution < -0.4 is 19.1 Å². The molecule has 3 aromatic rings. The summed E-state index contributed by atoms with van der Waals surface area (Å²) in [5, 5.41) is 2.89. The summed E-state index contributed by atoms with van der Waals surface area (Å²) in [5.41, 5.74) is 2.15. The van der Waals surface area contributed by atoms with Crippen molar-refractivity contribution >= 4 is 27.5 Å². The molecule has 0 saturated heterocycles. The lowest BCUT2D eigenvalue weighted by atomic mass is 10.1. The molecule has 1 atom stereocenters. The van der Waals surface area contributed by atoms with E-state index in [4.69, 9.17) is 9.47 Å². The van der Waals surface area contributed by atoms with Gasteiger partial charge in [-0.1, -0.05) is 56.3 Å². The number of nitrogens with zero attached hydrogens (tertiary/aromatic N) is 2. The number of ether oxygens (including phenoxy) is 2. The normalized spacial score (nSPS) is 11.8. The molecule has 0 aliphatic rings. The van der Waals surface area contributed by atoms with Gasteiger partial charge in [0.05, 0.1) is 24.8 Å². The van der Waals surface area contributed by atoms with Gasteiger partial charge in [0.1, 0.15) is 12.6 Å². The Balaban J connectivity index is 2.07. The third kappa shape index (κ3) is 7.58. The minimum atomic E-state index is -4.24. The number of benzene rings is 3. The number of aryl methyl sites for hydroxylation is 1. The summed E-state index contributed by atoms with van der Waals surface area (Å²) in [4.78, 5) is 28.7. The molecule has 10 heteroatoms. The van der Waals surface area contributed by atoms with Crippen LogP contribution >= 0.6 is 0 Å². The Bertz CT molecular complexity index is 1430. The zero-order chi connectivity index (χ0) is 30.0. The number of rotatable bonds is 14. The number of hydrogen-bond donors (Lipinski definition) is 1. The molecule has 2 amide bonds. The molecule has 0 aromatic heterocycles. The maximum absolute atomic E-state index is 14.1. The number of sulfonamides is 1. The first-order valence-electron chi connectivity index (χ1n) is 13.6. The van der Waals surface area contributed by atoms with Crippen LogP contribution in [0.5, 0.6) is 11.5 Å². The highest BCUT2D eigenvalue weighted by Crippen LogP contribution is 2.32. The lowest BCUT2D eigenvalue weighted by Gasteiger charge is -2.33. The van der Waals surface area contributed by atoms with Crippen molar-refractivity contribution in [3.05, 3.63) is 83.9 Å². The number of hydrogen-bond acceptors (Lipinski definition) is 6. The van der Waals surface area contributed by atoms with Crippen molar-refractivity contribution in [2.75, 3.05) is 31.6 Å². The van der Waals surface area contributed by atoms with Gasteiger partial charge in [-0.3, -0.25) is 13.9 Å². The molecule has 3 aromatic carbocycles. The van der Waals surface area contributed by atoms with E-state index in [1.54, 1.807) is 30.3 Å². The van der Waals surface area contributed by atoms with E-state index < -0.39 is 28.5 Å². The van der Waals surface area contributed by atoms with Crippen molar-refractivity contribution in [2.24, 2.45) is 0 Å². The Labute approximate surface area is 243 Å². The monoisotopic (exact) mass is 581 g/mol. The first-order chi connectivity index (χ1) is 19.7. The van der Waals surface area contributed by atoms with E-state index >= 15 is 0 Å².